The van der Waals surface area contributed by atoms with Crippen LogP contribution in [0.5, 0.6) is 0 Å². The number of rotatable bonds is 0. The second-order valence-corrected chi connectivity index (χ2v) is 5.83. The summed E-state index contributed by atoms with van der Waals surface area (Å²) < 4.78 is 5.43. The van der Waals surface area contributed by atoms with Gasteiger partial charge in [-0.05, 0) is 19.8 Å². The molecule has 0 saturated carbocycles. The van der Waals surface area contributed by atoms with Crippen LogP contribution in [0.1, 0.15) is 46.5 Å². The summed E-state index contributed by atoms with van der Waals surface area (Å²) in [7, 11) is 0. The van der Waals surface area contributed by atoms with Gasteiger partial charge in [-0.25, -0.2) is 0 Å². The van der Waals surface area contributed by atoms with E-state index in [0.717, 1.165) is 19.3 Å². The number of Topliss-reactive ketones (excluding diaryl/α,β-unsaturated/α-hetero) is 1. The SMILES string of the molecule is C/C1=C\CC[C@@H](C)C(=O)C[C@H]2[C@H](C1)OC(=O)[C@@H]2C. The van der Waals surface area contributed by atoms with Crippen molar-refractivity contribution in [2.75, 3.05) is 0 Å². The van der Waals surface area contributed by atoms with Gasteiger partial charge in [0, 0.05) is 24.7 Å². The van der Waals surface area contributed by atoms with Crippen LogP contribution in [0.25, 0.3) is 0 Å². The lowest BCUT2D eigenvalue weighted by molar-refractivity contribution is -0.143. The first kappa shape index (κ1) is 13.3. The zero-order valence-electron chi connectivity index (χ0n) is 11.4. The van der Waals surface area contributed by atoms with Gasteiger partial charge >= 0.3 is 5.97 Å². The molecule has 2 aliphatic rings. The van der Waals surface area contributed by atoms with Crippen molar-refractivity contribution >= 4 is 11.8 Å². The fourth-order valence-corrected chi connectivity index (χ4v) is 2.92. The van der Waals surface area contributed by atoms with Gasteiger partial charge in [0.2, 0.25) is 0 Å². The van der Waals surface area contributed by atoms with Crippen molar-refractivity contribution in [2.45, 2.75) is 52.6 Å². The molecule has 3 heteroatoms. The van der Waals surface area contributed by atoms with Gasteiger partial charge in [0.15, 0.2) is 0 Å². The monoisotopic (exact) mass is 250 g/mol. The Morgan fingerprint density at radius 2 is 1.94 bits per heavy atom. The molecule has 100 valence electrons. The molecule has 1 aliphatic heterocycles. The van der Waals surface area contributed by atoms with Gasteiger partial charge < -0.3 is 4.74 Å². The van der Waals surface area contributed by atoms with Crippen molar-refractivity contribution in [3.8, 4) is 0 Å². The van der Waals surface area contributed by atoms with Crippen LogP contribution in [0, 0.1) is 17.8 Å². The van der Waals surface area contributed by atoms with Gasteiger partial charge in [-0.15, -0.1) is 0 Å². The standard InChI is InChI=1S/C15H22O3/c1-9-5-4-6-10(2)13(16)8-12-11(3)15(17)18-14(12)7-9/h5,10-12,14H,4,6-8H2,1-3H3/b9-5+/t10-,11-,12-,14+/m1/s1. The van der Waals surface area contributed by atoms with E-state index in [0.29, 0.717) is 6.42 Å². The molecule has 1 heterocycles. The molecule has 0 bridgehead atoms. The first-order valence-electron chi connectivity index (χ1n) is 6.88. The summed E-state index contributed by atoms with van der Waals surface area (Å²) in [6.07, 6.45) is 5.21. The molecule has 1 fully saturated rings. The molecule has 4 atom stereocenters. The van der Waals surface area contributed by atoms with Crippen LogP contribution >= 0.6 is 0 Å². The predicted molar refractivity (Wildman–Crippen MR) is 68.9 cm³/mol. The van der Waals surface area contributed by atoms with Crippen molar-refractivity contribution in [1.82, 2.24) is 0 Å². The summed E-state index contributed by atoms with van der Waals surface area (Å²) in [4.78, 5) is 23.8. The Morgan fingerprint density at radius 3 is 2.67 bits per heavy atom. The van der Waals surface area contributed by atoms with Gasteiger partial charge in [0.05, 0.1) is 5.92 Å². The lowest BCUT2D eigenvalue weighted by Crippen LogP contribution is -2.26. The predicted octanol–water partition coefficient (Wildman–Crippen LogP) is 2.89. The van der Waals surface area contributed by atoms with E-state index in [4.69, 9.17) is 4.74 Å². The minimum atomic E-state index is -0.141. The fourth-order valence-electron chi connectivity index (χ4n) is 2.92. The van der Waals surface area contributed by atoms with E-state index in [2.05, 4.69) is 13.0 Å². The number of allylic oxidation sites excluding steroid dienone is 1. The summed E-state index contributed by atoms with van der Waals surface area (Å²) in [5.41, 5.74) is 1.27. The third-order valence-electron chi connectivity index (χ3n) is 4.36. The topological polar surface area (TPSA) is 43.4 Å². The second-order valence-electron chi connectivity index (χ2n) is 5.83. The van der Waals surface area contributed by atoms with Crippen molar-refractivity contribution in [1.29, 1.82) is 0 Å². The first-order chi connectivity index (χ1) is 8.49. The van der Waals surface area contributed by atoms with Gasteiger partial charge in [-0.2, -0.15) is 0 Å². The van der Waals surface area contributed by atoms with Gasteiger partial charge in [0.25, 0.3) is 0 Å². The Morgan fingerprint density at radius 1 is 1.22 bits per heavy atom. The summed E-state index contributed by atoms with van der Waals surface area (Å²) >= 11 is 0. The number of carbonyl (C=O) groups excluding carboxylic acids is 2. The Labute approximate surface area is 109 Å². The molecule has 3 nitrogen and oxygen atoms in total. The molecule has 0 N–H and O–H groups in total. The van der Waals surface area contributed by atoms with E-state index < -0.39 is 0 Å². The van der Waals surface area contributed by atoms with Crippen LogP contribution in [0.4, 0.5) is 0 Å². The molecule has 0 amide bonds. The molecule has 1 aliphatic carbocycles. The van der Waals surface area contributed by atoms with Gasteiger partial charge in [0.1, 0.15) is 11.9 Å². The highest BCUT2D eigenvalue weighted by Crippen LogP contribution is 2.36. The quantitative estimate of drug-likeness (QED) is 0.490. The average Bonchev–Trinajstić information content (AvgIpc) is 2.56. The Hall–Kier alpha value is -1.12. The maximum absolute atomic E-state index is 12.1. The number of esters is 1. The fraction of sp³-hybridized carbons (Fsp3) is 0.733. The van der Waals surface area contributed by atoms with Crippen LogP contribution in [0.2, 0.25) is 0 Å². The average molecular weight is 250 g/mol. The highest BCUT2D eigenvalue weighted by atomic mass is 16.6. The van der Waals surface area contributed by atoms with E-state index in [1.165, 1.54) is 5.57 Å². The van der Waals surface area contributed by atoms with Crippen molar-refractivity contribution in [2.24, 2.45) is 17.8 Å². The normalized spacial score (nSPS) is 40.7. The van der Waals surface area contributed by atoms with Crippen LogP contribution in [-0.4, -0.2) is 17.9 Å². The van der Waals surface area contributed by atoms with Crippen LogP contribution in [-0.2, 0) is 14.3 Å². The summed E-state index contributed by atoms with van der Waals surface area (Å²) in [5, 5.41) is 0. The molecular formula is C15H22O3. The molecule has 0 radical (unpaired) electrons. The minimum Gasteiger partial charge on any atom is -0.461 e. The molecule has 2 rings (SSSR count). The maximum atomic E-state index is 12.1. The number of ketones is 1. The smallest absolute Gasteiger partial charge is 0.309 e. The van der Waals surface area contributed by atoms with Crippen LogP contribution in [0.15, 0.2) is 11.6 Å². The molecule has 0 aromatic carbocycles. The Kier molecular flexibility index (Phi) is 3.88. The molecule has 1 saturated heterocycles. The zero-order valence-corrected chi connectivity index (χ0v) is 11.4. The zero-order chi connectivity index (χ0) is 13.3. The summed E-state index contributed by atoms with van der Waals surface area (Å²) in [5.74, 6) is 0.156. The van der Waals surface area contributed by atoms with E-state index >= 15 is 0 Å². The third-order valence-corrected chi connectivity index (χ3v) is 4.36. The highest BCUT2D eigenvalue weighted by molar-refractivity contribution is 5.83. The van der Waals surface area contributed by atoms with E-state index in [-0.39, 0.29) is 35.6 Å². The third kappa shape index (κ3) is 2.65. The second kappa shape index (κ2) is 5.25. The van der Waals surface area contributed by atoms with E-state index in [1.807, 2.05) is 13.8 Å². The minimum absolute atomic E-state index is 0.0638. The molecule has 18 heavy (non-hydrogen) atoms. The van der Waals surface area contributed by atoms with Crippen molar-refractivity contribution in [3.05, 3.63) is 11.6 Å². The van der Waals surface area contributed by atoms with Crippen LogP contribution < -0.4 is 0 Å². The Balaban J connectivity index is 2.22. The number of hydrogen-bond donors (Lipinski definition) is 0. The van der Waals surface area contributed by atoms with Gasteiger partial charge in [-0.3, -0.25) is 9.59 Å². The number of ether oxygens (including phenoxy) is 1. The molecular weight excluding hydrogens is 228 g/mol. The number of carbonyl (C=O) groups is 2. The van der Waals surface area contributed by atoms with Crippen molar-refractivity contribution < 1.29 is 14.3 Å². The largest absolute Gasteiger partial charge is 0.461 e. The summed E-state index contributed by atoms with van der Waals surface area (Å²) in [6, 6.07) is 0. The molecule has 0 unspecified atom stereocenters. The molecule has 0 spiro atoms. The maximum Gasteiger partial charge on any atom is 0.309 e. The lowest BCUT2D eigenvalue weighted by atomic mass is 9.81. The first-order valence-corrected chi connectivity index (χ1v) is 6.88. The highest BCUT2D eigenvalue weighted by Gasteiger charge is 2.43. The molecule has 0 aromatic rings. The molecule has 0 aromatic heterocycles. The van der Waals surface area contributed by atoms with Gasteiger partial charge in [-0.1, -0.05) is 25.5 Å². The number of fused-ring (bicyclic) bond motifs is 1. The van der Waals surface area contributed by atoms with E-state index in [9.17, 15) is 9.59 Å². The van der Waals surface area contributed by atoms with Crippen molar-refractivity contribution in [3.63, 3.8) is 0 Å². The lowest BCUT2D eigenvalue weighted by Gasteiger charge is -2.22. The summed E-state index contributed by atoms with van der Waals surface area (Å²) in [6.45, 7) is 5.96. The van der Waals surface area contributed by atoms with E-state index in [1.54, 1.807) is 0 Å². The number of hydrogen-bond acceptors (Lipinski definition) is 3. The van der Waals surface area contributed by atoms with Crippen LogP contribution in [0.3, 0.4) is 0 Å². The Bertz CT molecular complexity index is 383.